The molecule has 0 fully saturated rings. The first kappa shape index (κ1) is 26.3. The number of furan rings is 1. The standard InChI is InChI=1S/C55H33N3OS/c1-3-12-34(13-4-1)37-17-9-19-40(30-37)53-56-54(58-55(57-53)42-25-27-45-47-32-38(35-14-5-2-6-15-35)26-29-49(47)60-50(45)33-42)41-20-10-18-39(31-41)43-22-11-23-48-51(43)46-28-24-36-16-7-8-21-44(36)52(46)59-48/h1-33H/i7D,8D,11D,16D,21D,22D,23D,24D,28D. The summed E-state index contributed by atoms with van der Waals surface area (Å²) in [6.07, 6.45) is 0. The van der Waals surface area contributed by atoms with Gasteiger partial charge < -0.3 is 4.42 Å². The Bertz CT molecular complexity index is 4140. The average molecular weight is 793 g/mol. The molecule has 9 aromatic carbocycles. The molecule has 0 saturated heterocycles. The van der Waals surface area contributed by atoms with Gasteiger partial charge in [0.25, 0.3) is 0 Å². The van der Waals surface area contributed by atoms with Crippen LogP contribution in [0.4, 0.5) is 0 Å². The number of nitrogens with zero attached hydrogens (tertiary/aromatic N) is 3. The number of hydrogen-bond acceptors (Lipinski definition) is 5. The average Bonchev–Trinajstić information content (AvgIpc) is 3.97. The van der Waals surface area contributed by atoms with Crippen molar-refractivity contribution in [3.05, 3.63) is 200 Å². The van der Waals surface area contributed by atoms with Gasteiger partial charge in [-0.3, -0.25) is 0 Å². The van der Waals surface area contributed by atoms with Crippen LogP contribution in [0.1, 0.15) is 12.3 Å². The van der Waals surface area contributed by atoms with Gasteiger partial charge in [-0.05, 0) is 81.2 Å². The summed E-state index contributed by atoms with van der Waals surface area (Å²) in [4.78, 5) is 15.3. The lowest BCUT2D eigenvalue weighted by atomic mass is 9.97. The zero-order valence-electron chi connectivity index (χ0n) is 40.5. The van der Waals surface area contributed by atoms with E-state index in [2.05, 4.69) is 42.5 Å². The van der Waals surface area contributed by atoms with Gasteiger partial charge in [-0.1, -0.05) is 158 Å². The number of rotatable bonds is 6. The molecule has 0 unspecified atom stereocenters. The third-order valence-electron chi connectivity index (χ3n) is 10.9. The molecule has 0 radical (unpaired) electrons. The quantitative estimate of drug-likeness (QED) is 0.168. The topological polar surface area (TPSA) is 51.8 Å². The predicted molar refractivity (Wildman–Crippen MR) is 250 cm³/mol. The smallest absolute Gasteiger partial charge is 0.164 e. The normalized spacial score (nSPS) is 13.8. The molecule has 0 saturated carbocycles. The largest absolute Gasteiger partial charge is 0.455 e. The van der Waals surface area contributed by atoms with Gasteiger partial charge in [0.05, 0.1) is 12.3 Å². The van der Waals surface area contributed by atoms with Crippen LogP contribution in [0.5, 0.6) is 0 Å². The van der Waals surface area contributed by atoms with Crippen molar-refractivity contribution < 1.29 is 16.8 Å². The molecule has 0 spiro atoms. The van der Waals surface area contributed by atoms with Gasteiger partial charge in [0.15, 0.2) is 17.5 Å². The number of benzene rings is 9. The van der Waals surface area contributed by atoms with Crippen molar-refractivity contribution >= 4 is 64.2 Å². The maximum absolute atomic E-state index is 9.30. The second kappa shape index (κ2) is 14.0. The Balaban J connectivity index is 1.06. The van der Waals surface area contributed by atoms with E-state index in [-0.39, 0.29) is 44.3 Å². The van der Waals surface area contributed by atoms with Crippen LogP contribution in [0.15, 0.2) is 204 Å². The van der Waals surface area contributed by atoms with E-state index in [0.29, 0.717) is 28.6 Å². The van der Waals surface area contributed by atoms with Gasteiger partial charge in [0.1, 0.15) is 11.2 Å². The molecule has 60 heavy (non-hydrogen) atoms. The monoisotopic (exact) mass is 792 g/mol. The van der Waals surface area contributed by atoms with Crippen molar-refractivity contribution in [2.45, 2.75) is 0 Å². The lowest BCUT2D eigenvalue weighted by molar-refractivity contribution is 0.673. The fourth-order valence-electron chi connectivity index (χ4n) is 7.96. The molecule has 4 nitrogen and oxygen atoms in total. The van der Waals surface area contributed by atoms with E-state index in [4.69, 9.17) is 29.0 Å². The van der Waals surface area contributed by atoms with Gasteiger partial charge in [-0.15, -0.1) is 11.3 Å². The molecule has 12 aromatic rings. The van der Waals surface area contributed by atoms with Crippen molar-refractivity contribution in [1.29, 1.82) is 0 Å². The second-order valence-electron chi connectivity index (χ2n) is 14.5. The van der Waals surface area contributed by atoms with Crippen LogP contribution in [0, 0.1) is 0 Å². The minimum absolute atomic E-state index is 0.00545. The molecular formula is C55H33N3OS. The summed E-state index contributed by atoms with van der Waals surface area (Å²) in [5, 5.41) is 2.09. The number of aromatic nitrogens is 3. The maximum Gasteiger partial charge on any atom is 0.164 e. The lowest BCUT2D eigenvalue weighted by Crippen LogP contribution is -2.00. The molecule has 0 aliphatic carbocycles. The molecular weight excluding hydrogens is 751 g/mol. The van der Waals surface area contributed by atoms with Crippen LogP contribution in [-0.4, -0.2) is 15.0 Å². The molecule has 5 heteroatoms. The summed E-state index contributed by atoms with van der Waals surface area (Å²) in [6.45, 7) is 0. The van der Waals surface area contributed by atoms with E-state index >= 15 is 0 Å². The Kier molecular flexibility index (Phi) is 6.13. The fraction of sp³-hybridized carbons (Fsp3) is 0. The van der Waals surface area contributed by atoms with E-state index < -0.39 is 48.3 Å². The van der Waals surface area contributed by atoms with Crippen LogP contribution in [0.25, 0.3) is 120 Å². The summed E-state index contributed by atoms with van der Waals surface area (Å²) in [5.41, 5.74) is 6.68. The molecule has 280 valence electrons. The van der Waals surface area contributed by atoms with Crippen molar-refractivity contribution in [2.75, 3.05) is 0 Å². The van der Waals surface area contributed by atoms with Crippen LogP contribution in [0.2, 0.25) is 0 Å². The summed E-state index contributed by atoms with van der Waals surface area (Å²) < 4.78 is 87.9. The van der Waals surface area contributed by atoms with Crippen molar-refractivity contribution in [3.63, 3.8) is 0 Å². The molecule has 0 bridgehead atoms. The van der Waals surface area contributed by atoms with Gasteiger partial charge >= 0.3 is 0 Å². The highest BCUT2D eigenvalue weighted by atomic mass is 32.1. The van der Waals surface area contributed by atoms with E-state index in [1.165, 1.54) is 0 Å². The Morgan fingerprint density at radius 1 is 0.400 bits per heavy atom. The zero-order chi connectivity index (χ0) is 47.4. The first-order valence-electron chi connectivity index (χ1n) is 23.8. The molecule has 12 rings (SSSR count). The molecule has 3 aromatic heterocycles. The maximum atomic E-state index is 9.30. The number of hydrogen-bond donors (Lipinski definition) is 0. The molecule has 0 aliphatic rings. The van der Waals surface area contributed by atoms with Gasteiger partial charge in [-0.25, -0.2) is 15.0 Å². The van der Waals surface area contributed by atoms with E-state index in [1.807, 2.05) is 84.9 Å². The summed E-state index contributed by atoms with van der Waals surface area (Å²) >= 11 is 1.70. The third kappa shape index (κ3) is 5.86. The Hall–Kier alpha value is -7.73. The van der Waals surface area contributed by atoms with Crippen LogP contribution in [-0.2, 0) is 0 Å². The highest BCUT2D eigenvalue weighted by Crippen LogP contribution is 2.41. The van der Waals surface area contributed by atoms with Gasteiger partial charge in [-0.2, -0.15) is 0 Å². The van der Waals surface area contributed by atoms with Gasteiger partial charge in [0.2, 0.25) is 0 Å². The molecule has 0 atom stereocenters. The second-order valence-corrected chi connectivity index (χ2v) is 15.6. The molecule has 0 N–H and O–H groups in total. The van der Waals surface area contributed by atoms with Crippen molar-refractivity contribution in [1.82, 2.24) is 15.0 Å². The lowest BCUT2D eigenvalue weighted by Gasteiger charge is -2.11. The Labute approximate surface area is 362 Å². The summed E-state index contributed by atoms with van der Waals surface area (Å²) in [5.74, 6) is 1.19. The predicted octanol–water partition coefficient (Wildman–Crippen LogP) is 15.3. The van der Waals surface area contributed by atoms with E-state index in [9.17, 15) is 2.74 Å². The molecule has 3 heterocycles. The molecule has 0 amide bonds. The van der Waals surface area contributed by atoms with Crippen LogP contribution in [0.3, 0.4) is 0 Å². The van der Waals surface area contributed by atoms with Gasteiger partial charge in [0, 0.05) is 53.0 Å². The number of fused-ring (bicyclic) bond motifs is 8. The Morgan fingerprint density at radius 2 is 1.02 bits per heavy atom. The SMILES string of the molecule is [2H]c1c([2H])c(-c2cccc(-c3nc(-c4cccc(-c5ccccc5)c4)nc(-c4ccc5c(c4)sc4ccc(-c6ccccc6)cc45)n3)c2)c2c(oc3c4c([2H])c([2H])c([2H])c([2H])c4c([2H])c([2H])c32)c1[2H]. The van der Waals surface area contributed by atoms with E-state index in [1.54, 1.807) is 29.5 Å². The van der Waals surface area contributed by atoms with Crippen LogP contribution < -0.4 is 0 Å². The summed E-state index contributed by atoms with van der Waals surface area (Å²) in [6, 6.07) is 44.2. The Morgan fingerprint density at radius 3 is 1.77 bits per heavy atom. The van der Waals surface area contributed by atoms with Crippen molar-refractivity contribution in [2.24, 2.45) is 0 Å². The van der Waals surface area contributed by atoms with Crippen LogP contribution >= 0.6 is 11.3 Å². The first-order valence-corrected chi connectivity index (χ1v) is 20.2. The fourth-order valence-corrected chi connectivity index (χ4v) is 9.08. The van der Waals surface area contributed by atoms with Crippen molar-refractivity contribution in [3.8, 4) is 67.5 Å². The first-order chi connectivity index (χ1) is 33.4. The summed E-state index contributed by atoms with van der Waals surface area (Å²) in [7, 11) is 0. The zero-order valence-corrected chi connectivity index (χ0v) is 32.3. The molecule has 0 aliphatic heterocycles. The number of thiophene rings is 1. The highest BCUT2D eigenvalue weighted by Gasteiger charge is 2.18. The highest BCUT2D eigenvalue weighted by molar-refractivity contribution is 7.25. The third-order valence-corrected chi connectivity index (χ3v) is 12.0. The van der Waals surface area contributed by atoms with E-state index in [0.717, 1.165) is 53.6 Å². The minimum atomic E-state index is -0.553. The minimum Gasteiger partial charge on any atom is -0.455 e.